The van der Waals surface area contributed by atoms with Gasteiger partial charge in [0.15, 0.2) is 11.2 Å². The molecule has 0 atom stereocenters. The lowest BCUT2D eigenvalue weighted by Gasteiger charge is -2.39. The molecule has 1 aliphatic heterocycles. The summed E-state index contributed by atoms with van der Waals surface area (Å²) in [5.41, 5.74) is 15.9. The number of hydrogen-bond acceptors (Lipinski definition) is 5. The largest absolute Gasteiger partial charge is 0.457 e. The van der Waals surface area contributed by atoms with Gasteiger partial charge in [-0.05, 0) is 128 Å². The Morgan fingerprint density at radius 1 is 0.333 bits per heavy atom. The van der Waals surface area contributed by atoms with Gasteiger partial charge in [0.1, 0.15) is 22.5 Å². The smallest absolute Gasteiger partial charge is 0.227 e. The molecule has 9 aromatic carbocycles. The molecule has 2 aliphatic rings. The minimum absolute atomic E-state index is 0.546. The highest BCUT2D eigenvalue weighted by molar-refractivity contribution is 5.97. The van der Waals surface area contributed by atoms with Crippen LogP contribution in [0.5, 0.6) is 11.5 Å². The number of hydrogen-bond donors (Lipinski definition) is 0. The zero-order valence-electron chi connectivity index (χ0n) is 32.1. The maximum atomic E-state index is 6.64. The van der Waals surface area contributed by atoms with Gasteiger partial charge in [0.05, 0.1) is 5.41 Å². The van der Waals surface area contributed by atoms with E-state index in [9.17, 15) is 0 Å². The first-order valence-corrected chi connectivity index (χ1v) is 20.2. The van der Waals surface area contributed by atoms with Crippen LogP contribution in [0.4, 0.5) is 0 Å². The third-order valence-electron chi connectivity index (χ3n) is 12.4. The lowest BCUT2D eigenvalue weighted by atomic mass is 9.65. The molecule has 0 N–H and O–H groups in total. The normalized spacial score (nSPS) is 13.3. The van der Waals surface area contributed by atoms with Gasteiger partial charge < -0.3 is 13.6 Å². The summed E-state index contributed by atoms with van der Waals surface area (Å²) < 4.78 is 19.2. The lowest BCUT2D eigenvalue weighted by Crippen LogP contribution is -2.32. The predicted molar refractivity (Wildman–Crippen MR) is 238 cm³/mol. The first-order chi connectivity index (χ1) is 29.7. The summed E-state index contributed by atoms with van der Waals surface area (Å²) in [6.45, 7) is 0. The van der Waals surface area contributed by atoms with Gasteiger partial charge in [0, 0.05) is 22.3 Å². The Bertz CT molecular complexity index is 3340. The summed E-state index contributed by atoms with van der Waals surface area (Å²) in [5.74, 6) is 2.86. The minimum Gasteiger partial charge on any atom is -0.457 e. The van der Waals surface area contributed by atoms with Crippen molar-refractivity contribution < 1.29 is 13.6 Å². The van der Waals surface area contributed by atoms with Crippen molar-refractivity contribution in [2.45, 2.75) is 5.41 Å². The zero-order chi connectivity index (χ0) is 39.4. The molecule has 13 rings (SSSR count). The van der Waals surface area contributed by atoms with Gasteiger partial charge in [-0.3, -0.25) is 0 Å². The van der Waals surface area contributed by atoms with Crippen molar-refractivity contribution in [3.8, 4) is 67.8 Å². The quantitative estimate of drug-likeness (QED) is 0.178. The summed E-state index contributed by atoms with van der Waals surface area (Å²) in [5, 5.41) is 2.45. The molecule has 0 bridgehead atoms. The maximum Gasteiger partial charge on any atom is 0.227 e. The number of rotatable bonds is 4. The molecule has 1 spiro atoms. The molecule has 5 heteroatoms. The number of benzene rings is 9. The molecule has 0 unspecified atom stereocenters. The second-order valence-electron chi connectivity index (χ2n) is 15.7. The highest BCUT2D eigenvalue weighted by atomic mass is 16.5. The van der Waals surface area contributed by atoms with E-state index in [1.807, 2.05) is 54.6 Å². The molecule has 1 aliphatic carbocycles. The molecule has 280 valence electrons. The fourth-order valence-electron chi connectivity index (χ4n) is 9.65. The van der Waals surface area contributed by atoms with E-state index in [2.05, 4.69) is 140 Å². The van der Waals surface area contributed by atoms with Crippen LogP contribution in [0.25, 0.3) is 89.3 Å². The van der Waals surface area contributed by atoms with Gasteiger partial charge in [0.25, 0.3) is 0 Å². The summed E-state index contributed by atoms with van der Waals surface area (Å²) in [6, 6.07) is 68.3. The van der Waals surface area contributed by atoms with Crippen molar-refractivity contribution in [3.05, 3.63) is 216 Å². The third kappa shape index (κ3) is 4.80. The van der Waals surface area contributed by atoms with Gasteiger partial charge in [-0.1, -0.05) is 121 Å². The molecule has 3 heterocycles. The third-order valence-corrected chi connectivity index (χ3v) is 12.4. The van der Waals surface area contributed by atoms with Crippen LogP contribution in [0.2, 0.25) is 0 Å². The zero-order valence-corrected chi connectivity index (χ0v) is 32.1. The van der Waals surface area contributed by atoms with Crippen molar-refractivity contribution in [2.75, 3.05) is 0 Å². The summed E-state index contributed by atoms with van der Waals surface area (Å²) in [6.07, 6.45) is 0. The molecule has 11 aromatic rings. The average Bonchev–Trinajstić information content (AvgIpc) is 4.02. The second kappa shape index (κ2) is 12.5. The average molecular weight is 769 g/mol. The standard InChI is InChI=1S/C55H32N2O3/c1-2-12-36-31-46-42(30-35(36)11-1)41-26-25-37(32-45(41)55(46)43-13-3-7-17-49(43)58-50-18-8-4-14-44(50)55)33-21-23-34(24-22-33)38-27-39(53-56-47-15-5-9-19-51(47)59-53)29-40(28-38)54-57-48-16-6-10-20-52(48)60-54/h1-32H. The molecular formula is C55H32N2O3. The Labute approximate surface area is 344 Å². The monoisotopic (exact) mass is 768 g/mol. The topological polar surface area (TPSA) is 61.3 Å². The summed E-state index contributed by atoms with van der Waals surface area (Å²) in [4.78, 5) is 9.69. The molecule has 0 amide bonds. The van der Waals surface area contributed by atoms with Crippen LogP contribution in [-0.2, 0) is 5.41 Å². The molecule has 0 saturated carbocycles. The van der Waals surface area contributed by atoms with Crippen LogP contribution >= 0.6 is 0 Å². The Morgan fingerprint density at radius 3 is 1.43 bits per heavy atom. The van der Waals surface area contributed by atoms with Crippen molar-refractivity contribution in [1.82, 2.24) is 9.97 Å². The minimum atomic E-state index is -0.567. The molecule has 2 aromatic heterocycles. The van der Waals surface area contributed by atoms with E-state index in [-0.39, 0.29) is 0 Å². The first-order valence-electron chi connectivity index (χ1n) is 20.2. The Balaban J connectivity index is 0.964. The van der Waals surface area contributed by atoms with Crippen molar-refractivity contribution in [3.63, 3.8) is 0 Å². The van der Waals surface area contributed by atoms with Crippen molar-refractivity contribution >= 4 is 33.0 Å². The lowest BCUT2D eigenvalue weighted by molar-refractivity contribution is 0.436. The van der Waals surface area contributed by atoms with Crippen molar-refractivity contribution in [1.29, 1.82) is 0 Å². The number of aromatic nitrogens is 2. The molecule has 0 fully saturated rings. The van der Waals surface area contributed by atoms with Crippen LogP contribution < -0.4 is 4.74 Å². The number of para-hydroxylation sites is 6. The fourth-order valence-corrected chi connectivity index (χ4v) is 9.65. The van der Waals surface area contributed by atoms with Gasteiger partial charge in [-0.25, -0.2) is 9.97 Å². The summed E-state index contributed by atoms with van der Waals surface area (Å²) in [7, 11) is 0. The number of nitrogens with zero attached hydrogens (tertiary/aromatic N) is 2. The molecule has 5 nitrogen and oxygen atoms in total. The van der Waals surface area contributed by atoms with Gasteiger partial charge in [-0.15, -0.1) is 0 Å². The van der Waals surface area contributed by atoms with E-state index < -0.39 is 5.41 Å². The number of fused-ring (bicyclic) bond motifs is 12. The van der Waals surface area contributed by atoms with Crippen molar-refractivity contribution in [2.24, 2.45) is 0 Å². The van der Waals surface area contributed by atoms with Gasteiger partial charge in [-0.2, -0.15) is 0 Å². The van der Waals surface area contributed by atoms with Gasteiger partial charge in [0.2, 0.25) is 11.8 Å². The fraction of sp³-hybridized carbons (Fsp3) is 0.0182. The second-order valence-corrected chi connectivity index (χ2v) is 15.7. The number of ether oxygens (including phenoxy) is 1. The predicted octanol–water partition coefficient (Wildman–Crippen LogP) is 14.3. The maximum absolute atomic E-state index is 6.64. The highest BCUT2D eigenvalue weighted by Crippen LogP contribution is 2.63. The molecular weight excluding hydrogens is 737 g/mol. The Kier molecular flexibility index (Phi) is 6.87. The molecule has 0 radical (unpaired) electrons. The van der Waals surface area contributed by atoms with E-state index in [1.165, 1.54) is 33.0 Å². The Hall–Kier alpha value is -8.02. The van der Waals surface area contributed by atoms with E-state index >= 15 is 0 Å². The van der Waals surface area contributed by atoms with E-state index in [4.69, 9.17) is 23.5 Å². The van der Waals surface area contributed by atoms with E-state index in [0.717, 1.165) is 78.2 Å². The van der Waals surface area contributed by atoms with Crippen LogP contribution in [0, 0.1) is 0 Å². The molecule has 60 heavy (non-hydrogen) atoms. The number of oxazole rings is 2. The van der Waals surface area contributed by atoms with Crippen LogP contribution in [0.15, 0.2) is 203 Å². The van der Waals surface area contributed by atoms with Crippen LogP contribution in [0.3, 0.4) is 0 Å². The first kappa shape index (κ1) is 33.0. The highest BCUT2D eigenvalue weighted by Gasteiger charge is 2.51. The Morgan fingerprint density at radius 2 is 0.817 bits per heavy atom. The SMILES string of the molecule is c1ccc2c(c1)Oc1ccccc1C21c2cc(-c3ccc(-c4cc(-c5nc6ccccc6o5)cc(-c5nc6ccccc6o5)c4)cc3)ccc2-c2cc3ccccc3cc21. The van der Waals surface area contributed by atoms with Gasteiger partial charge >= 0.3 is 0 Å². The van der Waals surface area contributed by atoms with E-state index in [1.54, 1.807) is 0 Å². The van der Waals surface area contributed by atoms with Crippen LogP contribution in [0.1, 0.15) is 22.3 Å². The van der Waals surface area contributed by atoms with Crippen LogP contribution in [-0.4, -0.2) is 9.97 Å². The van der Waals surface area contributed by atoms with E-state index in [0.29, 0.717) is 11.8 Å². The molecule has 0 saturated heterocycles. The summed E-state index contributed by atoms with van der Waals surface area (Å²) >= 11 is 0.